The third-order valence-electron chi connectivity index (χ3n) is 2.60. The van der Waals surface area contributed by atoms with E-state index in [2.05, 4.69) is 21.7 Å². The van der Waals surface area contributed by atoms with E-state index < -0.39 is 0 Å². The number of nitriles is 1. The average molecular weight is 232 g/mol. The van der Waals surface area contributed by atoms with Crippen LogP contribution in [0, 0.1) is 18.3 Å². The van der Waals surface area contributed by atoms with Gasteiger partial charge in [-0.1, -0.05) is 0 Å². The molecule has 0 saturated carbocycles. The predicted molar refractivity (Wildman–Crippen MR) is 64.8 cm³/mol. The highest BCUT2D eigenvalue weighted by Crippen LogP contribution is 2.09. The summed E-state index contributed by atoms with van der Waals surface area (Å²) >= 11 is 0. The number of rotatable bonds is 3. The third kappa shape index (κ3) is 3.41. The van der Waals surface area contributed by atoms with Crippen LogP contribution in [0.3, 0.4) is 0 Å². The van der Waals surface area contributed by atoms with Gasteiger partial charge < -0.3 is 15.4 Å². The van der Waals surface area contributed by atoms with Gasteiger partial charge in [0.15, 0.2) is 0 Å². The zero-order valence-corrected chi connectivity index (χ0v) is 9.86. The van der Waals surface area contributed by atoms with E-state index in [-0.39, 0.29) is 6.10 Å². The summed E-state index contributed by atoms with van der Waals surface area (Å²) in [5.74, 6) is 0.732. The van der Waals surface area contributed by atoms with E-state index in [0.29, 0.717) is 12.1 Å². The minimum absolute atomic E-state index is 0.164. The summed E-state index contributed by atoms with van der Waals surface area (Å²) in [5, 5.41) is 15.3. The quantitative estimate of drug-likeness (QED) is 0.801. The van der Waals surface area contributed by atoms with Crippen molar-refractivity contribution in [2.45, 2.75) is 13.0 Å². The van der Waals surface area contributed by atoms with Gasteiger partial charge in [0.2, 0.25) is 0 Å². The molecule has 17 heavy (non-hydrogen) atoms. The van der Waals surface area contributed by atoms with Gasteiger partial charge in [0.05, 0.1) is 24.3 Å². The first-order chi connectivity index (χ1) is 8.28. The molecule has 0 spiro atoms. The van der Waals surface area contributed by atoms with Crippen LogP contribution in [0.25, 0.3) is 0 Å². The van der Waals surface area contributed by atoms with Crippen LogP contribution in [0.5, 0.6) is 0 Å². The fourth-order valence-electron chi connectivity index (χ4n) is 1.79. The van der Waals surface area contributed by atoms with Gasteiger partial charge in [-0.25, -0.2) is 4.98 Å². The lowest BCUT2D eigenvalue weighted by molar-refractivity contribution is 0.0372. The molecular formula is C12H16N4O. The molecule has 90 valence electrons. The Labute approximate surface area is 101 Å². The molecule has 2 N–H and O–H groups in total. The van der Waals surface area contributed by atoms with Crippen molar-refractivity contribution in [1.82, 2.24) is 10.3 Å². The van der Waals surface area contributed by atoms with Crippen LogP contribution in [0.15, 0.2) is 12.1 Å². The molecule has 2 heterocycles. The molecule has 0 aromatic carbocycles. The Bertz CT molecular complexity index is 421. The predicted octanol–water partition coefficient (Wildman–Crippen LogP) is 0.662. The molecule has 0 bridgehead atoms. The molecule has 5 heteroatoms. The Hall–Kier alpha value is -1.64. The topological polar surface area (TPSA) is 70.0 Å². The van der Waals surface area contributed by atoms with Gasteiger partial charge in [-0.05, 0) is 19.1 Å². The number of nitrogens with one attached hydrogen (secondary N) is 2. The monoisotopic (exact) mass is 232 g/mol. The fraction of sp³-hybridized carbons (Fsp3) is 0.500. The largest absolute Gasteiger partial charge is 0.374 e. The Morgan fingerprint density at radius 1 is 1.65 bits per heavy atom. The molecule has 2 rings (SSSR count). The van der Waals surface area contributed by atoms with Crippen molar-refractivity contribution in [3.8, 4) is 6.07 Å². The number of hydrogen-bond donors (Lipinski definition) is 2. The Morgan fingerprint density at radius 3 is 3.24 bits per heavy atom. The smallest absolute Gasteiger partial charge is 0.127 e. The number of nitrogens with zero attached hydrogens (tertiary/aromatic N) is 2. The SMILES string of the molecule is Cc1cc(C#N)cc(NCC2CNCCO2)n1. The van der Waals surface area contributed by atoms with Gasteiger partial charge in [0.1, 0.15) is 5.82 Å². The van der Waals surface area contributed by atoms with E-state index >= 15 is 0 Å². The number of anilines is 1. The maximum absolute atomic E-state index is 8.86. The zero-order valence-electron chi connectivity index (χ0n) is 9.86. The number of ether oxygens (including phenoxy) is 1. The summed E-state index contributed by atoms with van der Waals surface area (Å²) in [5.41, 5.74) is 1.47. The Balaban J connectivity index is 1.94. The molecule has 1 aromatic heterocycles. The number of aryl methyl sites for hydroxylation is 1. The van der Waals surface area contributed by atoms with Gasteiger partial charge >= 0.3 is 0 Å². The molecule has 0 radical (unpaired) electrons. The van der Waals surface area contributed by atoms with Gasteiger partial charge in [-0.2, -0.15) is 5.26 Å². The van der Waals surface area contributed by atoms with Crippen LogP contribution < -0.4 is 10.6 Å². The van der Waals surface area contributed by atoms with E-state index in [1.807, 2.05) is 6.92 Å². The lowest BCUT2D eigenvalue weighted by Gasteiger charge is -2.24. The first-order valence-corrected chi connectivity index (χ1v) is 5.73. The molecule has 0 amide bonds. The van der Waals surface area contributed by atoms with Crippen LogP contribution in [-0.2, 0) is 4.74 Å². The van der Waals surface area contributed by atoms with Crippen LogP contribution in [-0.4, -0.2) is 37.3 Å². The van der Waals surface area contributed by atoms with Gasteiger partial charge in [-0.15, -0.1) is 0 Å². The number of aromatic nitrogens is 1. The molecule has 1 fully saturated rings. The highest BCUT2D eigenvalue weighted by molar-refractivity contribution is 5.44. The Morgan fingerprint density at radius 2 is 2.53 bits per heavy atom. The summed E-state index contributed by atoms with van der Waals surface area (Å²) in [6.07, 6.45) is 0.164. The second kappa shape index (κ2) is 5.62. The highest BCUT2D eigenvalue weighted by Gasteiger charge is 2.13. The lowest BCUT2D eigenvalue weighted by atomic mass is 10.2. The fourth-order valence-corrected chi connectivity index (χ4v) is 1.79. The van der Waals surface area contributed by atoms with Crippen molar-refractivity contribution in [3.05, 3.63) is 23.4 Å². The van der Waals surface area contributed by atoms with Gasteiger partial charge in [-0.3, -0.25) is 0 Å². The average Bonchev–Trinajstić information content (AvgIpc) is 2.37. The maximum atomic E-state index is 8.86. The summed E-state index contributed by atoms with van der Waals surface area (Å²) in [6, 6.07) is 5.64. The summed E-state index contributed by atoms with van der Waals surface area (Å²) in [4.78, 5) is 4.33. The van der Waals surface area contributed by atoms with Crippen LogP contribution in [0.1, 0.15) is 11.3 Å². The molecule has 1 aliphatic heterocycles. The summed E-state index contributed by atoms with van der Waals surface area (Å²) in [6.45, 7) is 5.09. The van der Waals surface area contributed by atoms with Crippen LogP contribution in [0.2, 0.25) is 0 Å². The number of hydrogen-bond acceptors (Lipinski definition) is 5. The molecule has 0 aliphatic carbocycles. The van der Waals surface area contributed by atoms with Crippen molar-refractivity contribution in [1.29, 1.82) is 5.26 Å². The van der Waals surface area contributed by atoms with Gasteiger partial charge in [0, 0.05) is 25.3 Å². The summed E-state index contributed by atoms with van der Waals surface area (Å²) in [7, 11) is 0. The number of pyridine rings is 1. The second-order valence-corrected chi connectivity index (χ2v) is 4.07. The summed E-state index contributed by atoms with van der Waals surface area (Å²) < 4.78 is 5.57. The molecule has 5 nitrogen and oxygen atoms in total. The van der Waals surface area contributed by atoms with E-state index in [4.69, 9.17) is 10.00 Å². The first-order valence-electron chi connectivity index (χ1n) is 5.73. The molecule has 1 atom stereocenters. The lowest BCUT2D eigenvalue weighted by Crippen LogP contribution is -2.42. The normalized spacial score (nSPS) is 19.6. The van der Waals surface area contributed by atoms with Crippen molar-refractivity contribution in [2.75, 3.05) is 31.6 Å². The first kappa shape index (κ1) is 11.8. The molecule has 1 aliphatic rings. The van der Waals surface area contributed by atoms with Gasteiger partial charge in [0.25, 0.3) is 0 Å². The van der Waals surface area contributed by atoms with E-state index in [0.717, 1.165) is 31.2 Å². The molecular weight excluding hydrogens is 216 g/mol. The van der Waals surface area contributed by atoms with E-state index in [9.17, 15) is 0 Å². The molecule has 1 aromatic rings. The van der Waals surface area contributed by atoms with Crippen LogP contribution in [0.4, 0.5) is 5.82 Å². The third-order valence-corrected chi connectivity index (χ3v) is 2.60. The molecule has 1 saturated heterocycles. The van der Waals surface area contributed by atoms with E-state index in [1.165, 1.54) is 0 Å². The van der Waals surface area contributed by atoms with Crippen molar-refractivity contribution >= 4 is 5.82 Å². The Kier molecular flexibility index (Phi) is 3.91. The number of morpholine rings is 1. The van der Waals surface area contributed by atoms with Crippen LogP contribution >= 0.6 is 0 Å². The second-order valence-electron chi connectivity index (χ2n) is 4.07. The van der Waals surface area contributed by atoms with Crippen molar-refractivity contribution in [3.63, 3.8) is 0 Å². The molecule has 1 unspecified atom stereocenters. The maximum Gasteiger partial charge on any atom is 0.127 e. The van der Waals surface area contributed by atoms with E-state index in [1.54, 1.807) is 12.1 Å². The van der Waals surface area contributed by atoms with Crippen molar-refractivity contribution in [2.24, 2.45) is 0 Å². The van der Waals surface area contributed by atoms with Crippen molar-refractivity contribution < 1.29 is 4.74 Å². The standard InChI is InChI=1S/C12H16N4O/c1-9-4-10(6-13)5-12(16-9)15-8-11-7-14-2-3-17-11/h4-5,11,14H,2-3,7-8H2,1H3,(H,15,16). The highest BCUT2D eigenvalue weighted by atomic mass is 16.5. The minimum Gasteiger partial charge on any atom is -0.374 e. The minimum atomic E-state index is 0.164. The zero-order chi connectivity index (χ0) is 12.1.